The van der Waals surface area contributed by atoms with Crippen molar-refractivity contribution in [1.29, 1.82) is 0 Å². The van der Waals surface area contributed by atoms with E-state index in [2.05, 4.69) is 155 Å². The molecule has 0 spiro atoms. The highest BCUT2D eigenvalue weighted by Gasteiger charge is 2.21. The van der Waals surface area contributed by atoms with E-state index in [-0.39, 0.29) is 0 Å². The summed E-state index contributed by atoms with van der Waals surface area (Å²) in [4.78, 5) is 0. The number of para-hydroxylation sites is 3. The van der Waals surface area contributed by atoms with Crippen LogP contribution in [0.5, 0.6) is 0 Å². The summed E-state index contributed by atoms with van der Waals surface area (Å²) in [6.07, 6.45) is 0. The van der Waals surface area contributed by atoms with Crippen LogP contribution in [-0.4, -0.2) is 9.13 Å². The number of hydrogen-bond acceptors (Lipinski definition) is 1. The molecule has 0 fully saturated rings. The molecule has 3 heteroatoms. The van der Waals surface area contributed by atoms with Crippen LogP contribution < -0.4 is 0 Å². The first-order chi connectivity index (χ1) is 21.3. The van der Waals surface area contributed by atoms with Gasteiger partial charge < -0.3 is 13.6 Å². The maximum atomic E-state index is 6.35. The van der Waals surface area contributed by atoms with E-state index in [0.717, 1.165) is 22.2 Å². The molecule has 0 N–H and O–H groups in total. The van der Waals surface area contributed by atoms with Crippen LogP contribution in [0.25, 0.3) is 87.7 Å². The van der Waals surface area contributed by atoms with Crippen LogP contribution in [0, 0.1) is 0 Å². The second kappa shape index (κ2) is 8.37. The van der Waals surface area contributed by atoms with Crippen LogP contribution in [0.4, 0.5) is 0 Å². The molecule has 0 bridgehead atoms. The van der Waals surface area contributed by atoms with E-state index in [1.165, 1.54) is 65.5 Å². The second-order valence-corrected chi connectivity index (χ2v) is 11.3. The van der Waals surface area contributed by atoms with Gasteiger partial charge in [0.1, 0.15) is 11.2 Å². The number of nitrogens with zero attached hydrogens (tertiary/aromatic N) is 2. The first kappa shape index (κ1) is 22.8. The highest BCUT2D eigenvalue weighted by atomic mass is 16.3. The lowest BCUT2D eigenvalue weighted by Crippen LogP contribution is -1.94. The lowest BCUT2D eigenvalue weighted by Gasteiger charge is -2.09. The number of furan rings is 1. The number of hydrogen-bond donors (Lipinski definition) is 0. The molecule has 3 aromatic heterocycles. The Kier molecular flexibility index (Phi) is 4.45. The van der Waals surface area contributed by atoms with Gasteiger partial charge in [0.05, 0.1) is 22.1 Å². The van der Waals surface area contributed by atoms with Gasteiger partial charge in [-0.15, -0.1) is 0 Å². The molecule has 0 aliphatic rings. The van der Waals surface area contributed by atoms with E-state index >= 15 is 0 Å². The van der Waals surface area contributed by atoms with Gasteiger partial charge in [0.2, 0.25) is 0 Å². The molecular weight excluding hydrogens is 524 g/mol. The predicted octanol–water partition coefficient (Wildman–Crippen LogP) is 10.9. The summed E-state index contributed by atoms with van der Waals surface area (Å²) in [7, 11) is 0. The quantitative estimate of drug-likeness (QED) is 0.211. The van der Waals surface area contributed by atoms with Gasteiger partial charge in [-0.05, 0) is 71.4 Å². The molecule has 0 aliphatic carbocycles. The molecule has 0 atom stereocenters. The SMILES string of the molecule is c1ccc(-n2c3ccccc3c3c4c5ccccc5n(-c5ccc6oc7ccc8ccccc8c7c6c5)c4ccc32)cc1. The van der Waals surface area contributed by atoms with Gasteiger partial charge in [-0.1, -0.05) is 84.9 Å². The van der Waals surface area contributed by atoms with Gasteiger partial charge in [0.15, 0.2) is 0 Å². The van der Waals surface area contributed by atoms with E-state index < -0.39 is 0 Å². The molecule has 7 aromatic carbocycles. The third-order valence-electron chi connectivity index (χ3n) is 9.09. The molecule has 0 amide bonds. The Morgan fingerprint density at radius 2 is 0.930 bits per heavy atom. The molecule has 43 heavy (non-hydrogen) atoms. The Balaban J connectivity index is 1.35. The van der Waals surface area contributed by atoms with Crippen LogP contribution in [0.15, 0.2) is 150 Å². The summed E-state index contributed by atoms with van der Waals surface area (Å²) in [5.74, 6) is 0. The van der Waals surface area contributed by atoms with Gasteiger partial charge in [-0.2, -0.15) is 0 Å². The minimum Gasteiger partial charge on any atom is -0.456 e. The topological polar surface area (TPSA) is 23.0 Å². The van der Waals surface area contributed by atoms with Crippen molar-refractivity contribution in [2.45, 2.75) is 0 Å². The zero-order valence-corrected chi connectivity index (χ0v) is 23.2. The van der Waals surface area contributed by atoms with E-state index in [0.29, 0.717) is 0 Å². The highest BCUT2D eigenvalue weighted by Crippen LogP contribution is 2.43. The first-order valence-electron chi connectivity index (χ1n) is 14.7. The molecule has 3 heterocycles. The Hall–Kier alpha value is -5.80. The minimum atomic E-state index is 0.907. The third-order valence-corrected chi connectivity index (χ3v) is 9.09. The van der Waals surface area contributed by atoms with Gasteiger partial charge >= 0.3 is 0 Å². The van der Waals surface area contributed by atoms with E-state index in [1.807, 2.05) is 0 Å². The highest BCUT2D eigenvalue weighted by molar-refractivity contribution is 6.29. The molecular formula is C40H24N2O. The zero-order chi connectivity index (χ0) is 28.1. The Bertz CT molecular complexity index is 2720. The maximum Gasteiger partial charge on any atom is 0.136 e. The van der Waals surface area contributed by atoms with Gasteiger partial charge in [0, 0.05) is 43.7 Å². The van der Waals surface area contributed by atoms with Crippen LogP contribution in [-0.2, 0) is 0 Å². The first-order valence-corrected chi connectivity index (χ1v) is 14.7. The minimum absolute atomic E-state index is 0.907. The molecule has 10 rings (SSSR count). The summed E-state index contributed by atoms with van der Waals surface area (Å²) < 4.78 is 11.2. The zero-order valence-electron chi connectivity index (χ0n) is 23.2. The molecule has 0 saturated carbocycles. The van der Waals surface area contributed by atoms with E-state index in [1.54, 1.807) is 0 Å². The van der Waals surface area contributed by atoms with Crippen LogP contribution in [0.2, 0.25) is 0 Å². The Morgan fingerprint density at radius 1 is 0.349 bits per heavy atom. The van der Waals surface area contributed by atoms with Crippen molar-refractivity contribution in [3.8, 4) is 11.4 Å². The van der Waals surface area contributed by atoms with Crippen LogP contribution in [0.1, 0.15) is 0 Å². The van der Waals surface area contributed by atoms with Gasteiger partial charge in [0.25, 0.3) is 0 Å². The van der Waals surface area contributed by atoms with Gasteiger partial charge in [-0.25, -0.2) is 0 Å². The summed E-state index contributed by atoms with van der Waals surface area (Å²) in [6, 6.07) is 52.3. The summed E-state index contributed by atoms with van der Waals surface area (Å²) >= 11 is 0. The van der Waals surface area contributed by atoms with Crippen molar-refractivity contribution in [2.24, 2.45) is 0 Å². The normalized spacial score (nSPS) is 12.2. The number of rotatable bonds is 2. The van der Waals surface area contributed by atoms with Crippen LogP contribution >= 0.6 is 0 Å². The monoisotopic (exact) mass is 548 g/mol. The summed E-state index contributed by atoms with van der Waals surface area (Å²) in [5.41, 5.74) is 8.94. The molecule has 0 radical (unpaired) electrons. The fourth-order valence-corrected chi connectivity index (χ4v) is 7.33. The van der Waals surface area contributed by atoms with E-state index in [9.17, 15) is 0 Å². The van der Waals surface area contributed by atoms with Crippen molar-refractivity contribution >= 4 is 76.3 Å². The lowest BCUT2D eigenvalue weighted by molar-refractivity contribution is 0.669. The van der Waals surface area contributed by atoms with Crippen molar-refractivity contribution in [2.75, 3.05) is 0 Å². The van der Waals surface area contributed by atoms with Crippen molar-refractivity contribution < 1.29 is 4.42 Å². The predicted molar refractivity (Wildman–Crippen MR) is 180 cm³/mol. The second-order valence-electron chi connectivity index (χ2n) is 11.3. The smallest absolute Gasteiger partial charge is 0.136 e. The number of aromatic nitrogens is 2. The maximum absolute atomic E-state index is 6.35. The standard InChI is InChI=1S/C40H24N2O/c1-2-11-26(12-3-1)41-32-16-8-6-14-29(32)39-34(41)20-21-35-40(39)30-15-7-9-17-33(30)42(35)27-19-23-36-31(24-27)38-28-13-5-4-10-25(28)18-22-37(38)43-36/h1-24H. The molecule has 0 unspecified atom stereocenters. The van der Waals surface area contributed by atoms with Crippen LogP contribution in [0.3, 0.4) is 0 Å². The molecule has 3 nitrogen and oxygen atoms in total. The summed E-state index contributed by atoms with van der Waals surface area (Å²) in [5, 5.41) is 9.82. The van der Waals surface area contributed by atoms with Crippen molar-refractivity contribution in [3.63, 3.8) is 0 Å². The third kappa shape index (κ3) is 3.03. The number of fused-ring (bicyclic) bond motifs is 12. The molecule has 0 aliphatic heterocycles. The summed E-state index contributed by atoms with van der Waals surface area (Å²) in [6.45, 7) is 0. The lowest BCUT2D eigenvalue weighted by atomic mass is 10.0. The largest absolute Gasteiger partial charge is 0.456 e. The average Bonchev–Trinajstić information content (AvgIpc) is 3.72. The van der Waals surface area contributed by atoms with E-state index in [4.69, 9.17) is 4.42 Å². The van der Waals surface area contributed by atoms with Crippen molar-refractivity contribution in [1.82, 2.24) is 9.13 Å². The number of benzene rings is 7. The molecule has 0 saturated heterocycles. The fraction of sp³-hybridized carbons (Fsp3) is 0. The molecule has 200 valence electrons. The average molecular weight is 549 g/mol. The Morgan fingerprint density at radius 3 is 1.65 bits per heavy atom. The fourth-order valence-electron chi connectivity index (χ4n) is 7.33. The van der Waals surface area contributed by atoms with Crippen molar-refractivity contribution in [3.05, 3.63) is 146 Å². The molecule has 10 aromatic rings. The Labute approximate surface area is 246 Å². The van der Waals surface area contributed by atoms with Gasteiger partial charge in [-0.3, -0.25) is 0 Å².